The summed E-state index contributed by atoms with van der Waals surface area (Å²) in [7, 11) is -0.345. The fraction of sp³-hybridized carbons (Fsp3) is 0.300. The molecule has 0 nitrogen and oxygen atoms in total. The van der Waals surface area contributed by atoms with E-state index in [1.807, 2.05) is 0 Å². The van der Waals surface area contributed by atoms with Crippen LogP contribution in [0.1, 0.15) is 27.7 Å². The lowest BCUT2D eigenvalue weighted by molar-refractivity contribution is 0.530. The number of hydrogen-bond acceptors (Lipinski definition) is 0. The van der Waals surface area contributed by atoms with E-state index < -0.39 is 0 Å². The molecule has 0 amide bonds. The van der Waals surface area contributed by atoms with E-state index in [2.05, 4.69) is 88.4 Å². The van der Waals surface area contributed by atoms with Crippen LogP contribution in [-0.4, -0.2) is 5.90 Å². The SMILES string of the molecule is CC1=C(C(C)(C)C)P(c2ccccc2)CP1c1ccccc1. The highest BCUT2D eigenvalue weighted by atomic mass is 31.2. The van der Waals surface area contributed by atoms with Crippen molar-refractivity contribution < 1.29 is 0 Å². The van der Waals surface area contributed by atoms with E-state index >= 15 is 0 Å². The van der Waals surface area contributed by atoms with E-state index in [9.17, 15) is 0 Å². The first kappa shape index (κ1) is 15.9. The third-order valence-corrected chi connectivity index (χ3v) is 11.0. The average Bonchev–Trinajstić information content (AvgIpc) is 2.87. The Balaban J connectivity index is 2.07. The van der Waals surface area contributed by atoms with Gasteiger partial charge in [0.1, 0.15) is 0 Å². The summed E-state index contributed by atoms with van der Waals surface area (Å²) in [5, 5.41) is 6.48. The largest absolute Gasteiger partial charge is 0.0622 e. The Bertz CT molecular complexity index is 666. The monoisotopic (exact) mass is 326 g/mol. The summed E-state index contributed by atoms with van der Waals surface area (Å²) in [4.78, 5) is 0. The summed E-state index contributed by atoms with van der Waals surface area (Å²) in [5.41, 5.74) is 0.261. The molecule has 0 saturated heterocycles. The van der Waals surface area contributed by atoms with Crippen LogP contribution in [0.5, 0.6) is 0 Å². The zero-order chi connectivity index (χ0) is 15.7. The van der Waals surface area contributed by atoms with Crippen LogP contribution in [0.2, 0.25) is 0 Å². The molecular formula is C20H24P2. The molecular weight excluding hydrogens is 302 g/mol. The second kappa shape index (κ2) is 6.27. The standard InChI is InChI=1S/C20H24P2/c1-16-19(20(2,3)4)22(18-13-9-6-10-14-18)15-21(16)17-11-7-5-8-12-17/h5-14H,15H2,1-4H3. The molecule has 3 rings (SSSR count). The van der Waals surface area contributed by atoms with E-state index in [1.54, 1.807) is 15.9 Å². The predicted octanol–water partition coefficient (Wildman–Crippen LogP) is 5.85. The van der Waals surface area contributed by atoms with Gasteiger partial charge >= 0.3 is 0 Å². The highest BCUT2D eigenvalue weighted by Gasteiger charge is 2.37. The summed E-state index contributed by atoms with van der Waals surface area (Å²) in [6, 6.07) is 22.3. The topological polar surface area (TPSA) is 0 Å². The maximum Gasteiger partial charge on any atom is 0.00348 e. The zero-order valence-electron chi connectivity index (χ0n) is 13.9. The Morgan fingerprint density at radius 2 is 1.18 bits per heavy atom. The zero-order valence-corrected chi connectivity index (χ0v) is 15.7. The lowest BCUT2D eigenvalue weighted by Crippen LogP contribution is -2.12. The van der Waals surface area contributed by atoms with Gasteiger partial charge in [0.2, 0.25) is 0 Å². The molecule has 2 heteroatoms. The Morgan fingerprint density at radius 3 is 1.64 bits per heavy atom. The maximum absolute atomic E-state index is 2.39. The van der Waals surface area contributed by atoms with Gasteiger partial charge in [-0.1, -0.05) is 81.4 Å². The fourth-order valence-corrected chi connectivity index (χ4v) is 11.4. The van der Waals surface area contributed by atoms with Crippen molar-refractivity contribution in [2.45, 2.75) is 27.7 Å². The van der Waals surface area contributed by atoms with Crippen LogP contribution in [0.3, 0.4) is 0 Å². The highest BCUT2D eigenvalue weighted by molar-refractivity contribution is 7.88. The molecule has 0 radical (unpaired) electrons. The summed E-state index contributed by atoms with van der Waals surface area (Å²) >= 11 is 0. The van der Waals surface area contributed by atoms with Crippen LogP contribution in [0.4, 0.5) is 0 Å². The van der Waals surface area contributed by atoms with Crippen LogP contribution in [-0.2, 0) is 0 Å². The lowest BCUT2D eigenvalue weighted by Gasteiger charge is -2.28. The maximum atomic E-state index is 2.39. The molecule has 0 bridgehead atoms. The Morgan fingerprint density at radius 1 is 0.727 bits per heavy atom. The van der Waals surface area contributed by atoms with Crippen LogP contribution in [0.25, 0.3) is 0 Å². The summed E-state index contributed by atoms with van der Waals surface area (Å²) in [6.45, 7) is 9.54. The van der Waals surface area contributed by atoms with Crippen molar-refractivity contribution in [2.24, 2.45) is 5.41 Å². The predicted molar refractivity (Wildman–Crippen MR) is 103 cm³/mol. The second-order valence-electron chi connectivity index (χ2n) is 6.85. The number of hydrogen-bond donors (Lipinski definition) is 0. The molecule has 0 saturated carbocycles. The van der Waals surface area contributed by atoms with Crippen molar-refractivity contribution in [1.82, 2.24) is 0 Å². The summed E-state index contributed by atoms with van der Waals surface area (Å²) in [5.74, 6) is 1.33. The molecule has 1 aliphatic heterocycles. The molecule has 1 aliphatic rings. The van der Waals surface area contributed by atoms with E-state index in [0.29, 0.717) is 0 Å². The molecule has 0 aromatic heterocycles. The molecule has 2 unspecified atom stereocenters. The van der Waals surface area contributed by atoms with Crippen molar-refractivity contribution in [3.8, 4) is 0 Å². The average molecular weight is 326 g/mol. The van der Waals surface area contributed by atoms with E-state index in [4.69, 9.17) is 0 Å². The number of benzene rings is 2. The van der Waals surface area contributed by atoms with Gasteiger partial charge in [-0.3, -0.25) is 0 Å². The molecule has 0 fully saturated rings. The van der Waals surface area contributed by atoms with Gasteiger partial charge in [-0.25, -0.2) is 0 Å². The minimum Gasteiger partial charge on any atom is -0.0622 e. The molecule has 0 spiro atoms. The van der Waals surface area contributed by atoms with Crippen molar-refractivity contribution in [2.75, 3.05) is 5.90 Å². The normalized spacial score (nSPS) is 22.2. The fourth-order valence-electron chi connectivity index (χ4n) is 3.29. The Hall–Kier alpha value is -0.960. The van der Waals surface area contributed by atoms with Crippen molar-refractivity contribution in [3.63, 3.8) is 0 Å². The molecule has 22 heavy (non-hydrogen) atoms. The van der Waals surface area contributed by atoms with Gasteiger partial charge in [-0.15, -0.1) is 0 Å². The molecule has 0 N–H and O–H groups in total. The minimum atomic E-state index is -0.186. The first-order valence-corrected chi connectivity index (χ1v) is 10.9. The van der Waals surface area contributed by atoms with Gasteiger partial charge in [-0.05, 0) is 49.4 Å². The highest BCUT2D eigenvalue weighted by Crippen LogP contribution is 2.71. The molecule has 2 aromatic carbocycles. The van der Waals surface area contributed by atoms with E-state index in [-0.39, 0.29) is 21.3 Å². The van der Waals surface area contributed by atoms with E-state index in [0.717, 1.165) is 0 Å². The first-order chi connectivity index (χ1) is 10.5. The third-order valence-electron chi connectivity index (χ3n) is 4.15. The lowest BCUT2D eigenvalue weighted by atomic mass is 9.96. The third kappa shape index (κ3) is 3.05. The van der Waals surface area contributed by atoms with Crippen LogP contribution in [0, 0.1) is 5.41 Å². The smallest absolute Gasteiger partial charge is 0.00348 e. The number of rotatable bonds is 2. The van der Waals surface area contributed by atoms with Gasteiger partial charge < -0.3 is 0 Å². The Labute approximate surface area is 137 Å². The molecule has 0 aliphatic carbocycles. The van der Waals surface area contributed by atoms with E-state index in [1.165, 1.54) is 11.2 Å². The van der Waals surface area contributed by atoms with Gasteiger partial charge in [0.15, 0.2) is 0 Å². The van der Waals surface area contributed by atoms with Crippen molar-refractivity contribution in [3.05, 3.63) is 71.3 Å². The second-order valence-corrected chi connectivity index (χ2v) is 11.8. The molecule has 2 atom stereocenters. The number of allylic oxidation sites excluding steroid dienone is 2. The minimum absolute atomic E-state index is 0.160. The molecule has 2 aromatic rings. The summed E-state index contributed by atoms with van der Waals surface area (Å²) < 4.78 is 0. The van der Waals surface area contributed by atoms with Crippen LogP contribution < -0.4 is 10.6 Å². The van der Waals surface area contributed by atoms with Crippen LogP contribution in [0.15, 0.2) is 71.3 Å². The van der Waals surface area contributed by atoms with Gasteiger partial charge in [0.05, 0.1) is 0 Å². The Kier molecular flexibility index (Phi) is 4.54. The molecule has 114 valence electrons. The van der Waals surface area contributed by atoms with Gasteiger partial charge in [-0.2, -0.15) is 0 Å². The van der Waals surface area contributed by atoms with Gasteiger partial charge in [0.25, 0.3) is 0 Å². The summed E-state index contributed by atoms with van der Waals surface area (Å²) in [6.07, 6.45) is 0. The van der Waals surface area contributed by atoms with Crippen molar-refractivity contribution in [1.29, 1.82) is 0 Å². The quantitative estimate of drug-likeness (QED) is 0.607. The first-order valence-electron chi connectivity index (χ1n) is 7.85. The van der Waals surface area contributed by atoms with Gasteiger partial charge in [0, 0.05) is 5.90 Å². The van der Waals surface area contributed by atoms with Crippen LogP contribution >= 0.6 is 15.8 Å². The van der Waals surface area contributed by atoms with Crippen molar-refractivity contribution >= 4 is 26.5 Å². The molecule has 1 heterocycles.